The molecule has 2 aromatic heterocycles. The number of piperidine rings is 1. The molecule has 0 bridgehead atoms. The summed E-state index contributed by atoms with van der Waals surface area (Å²) in [5.74, 6) is 0.841. The third-order valence-electron chi connectivity index (χ3n) is 6.39. The molecule has 186 valence electrons. The number of nitrogens with zero attached hydrogens (tertiary/aromatic N) is 5. The molecular weight excluding hydrogens is 465 g/mol. The fraction of sp³-hybridized carbons (Fsp3) is 0.619. The molecule has 34 heavy (non-hydrogen) atoms. The number of carbonyl (C=O) groups is 1. The van der Waals surface area contributed by atoms with Gasteiger partial charge in [0.15, 0.2) is 0 Å². The highest BCUT2D eigenvalue weighted by atomic mass is 31.2. The van der Waals surface area contributed by atoms with Crippen LogP contribution in [0, 0.1) is 5.92 Å². The SMILES string of the molecule is COc1cc2cnn(CC(=O)N3CCOCC3)c(=O)c2c(N2CCC(CCP(=O)(O)O)CC2)n1. The number of pyridine rings is 1. The molecule has 4 heterocycles. The molecule has 0 saturated carbocycles. The molecule has 2 fully saturated rings. The summed E-state index contributed by atoms with van der Waals surface area (Å²) in [5.41, 5.74) is -0.395. The van der Waals surface area contributed by atoms with Crippen LogP contribution in [0.4, 0.5) is 5.82 Å². The Morgan fingerprint density at radius 1 is 1.24 bits per heavy atom. The third kappa shape index (κ3) is 5.75. The summed E-state index contributed by atoms with van der Waals surface area (Å²) < 4.78 is 23.0. The van der Waals surface area contributed by atoms with Gasteiger partial charge in [0.1, 0.15) is 12.4 Å². The van der Waals surface area contributed by atoms with Crippen LogP contribution in [0.5, 0.6) is 5.88 Å². The van der Waals surface area contributed by atoms with Gasteiger partial charge in [-0.1, -0.05) is 0 Å². The van der Waals surface area contributed by atoms with Gasteiger partial charge in [0.2, 0.25) is 11.8 Å². The van der Waals surface area contributed by atoms with E-state index < -0.39 is 13.2 Å². The van der Waals surface area contributed by atoms with E-state index >= 15 is 0 Å². The minimum Gasteiger partial charge on any atom is -0.481 e. The van der Waals surface area contributed by atoms with Crippen molar-refractivity contribution < 1.29 is 28.6 Å². The van der Waals surface area contributed by atoms with Gasteiger partial charge < -0.3 is 29.1 Å². The molecule has 4 rings (SSSR count). The number of ether oxygens (including phenoxy) is 2. The lowest BCUT2D eigenvalue weighted by Gasteiger charge is -2.33. The first kappa shape index (κ1) is 24.6. The Bertz CT molecular complexity index is 1140. The molecule has 2 N–H and O–H groups in total. The highest BCUT2D eigenvalue weighted by Gasteiger charge is 2.26. The van der Waals surface area contributed by atoms with Crippen LogP contribution in [-0.4, -0.2) is 88.0 Å². The molecule has 0 aromatic carbocycles. The number of morpholine rings is 1. The Kier molecular flexibility index (Phi) is 7.51. The standard InChI is InChI=1S/C21H30N5O7P/c1-32-17-12-16-13-22-26(14-18(27)24-7-9-33-10-8-24)21(28)19(16)20(23-17)25-5-2-15(3-6-25)4-11-34(29,30)31/h12-13,15H,2-11,14H2,1H3,(H2,29,30,31). The van der Waals surface area contributed by atoms with Crippen molar-refractivity contribution in [1.82, 2.24) is 19.7 Å². The first-order valence-corrected chi connectivity index (χ1v) is 13.1. The largest absolute Gasteiger partial charge is 0.481 e. The number of fused-ring (bicyclic) bond motifs is 1. The molecule has 13 heteroatoms. The average Bonchev–Trinajstić information content (AvgIpc) is 2.84. The maximum Gasteiger partial charge on any atom is 0.325 e. The zero-order valence-corrected chi connectivity index (χ0v) is 20.0. The van der Waals surface area contributed by atoms with E-state index in [0.29, 0.717) is 68.3 Å². The highest BCUT2D eigenvalue weighted by molar-refractivity contribution is 7.51. The minimum absolute atomic E-state index is 0.119. The quantitative estimate of drug-likeness (QED) is 0.519. The summed E-state index contributed by atoms with van der Waals surface area (Å²) in [5, 5.41) is 5.16. The van der Waals surface area contributed by atoms with Crippen LogP contribution in [0.3, 0.4) is 0 Å². The fourth-order valence-electron chi connectivity index (χ4n) is 4.43. The van der Waals surface area contributed by atoms with Crippen LogP contribution < -0.4 is 15.2 Å². The van der Waals surface area contributed by atoms with Crippen molar-refractivity contribution >= 4 is 30.1 Å². The smallest absolute Gasteiger partial charge is 0.325 e. The molecule has 0 radical (unpaired) electrons. The average molecular weight is 495 g/mol. The Morgan fingerprint density at radius 3 is 2.59 bits per heavy atom. The molecule has 2 aliphatic heterocycles. The number of anilines is 1. The van der Waals surface area contributed by atoms with Gasteiger partial charge in [-0.2, -0.15) is 10.1 Å². The van der Waals surface area contributed by atoms with Crippen LogP contribution in [0.15, 0.2) is 17.1 Å². The molecule has 2 saturated heterocycles. The Morgan fingerprint density at radius 2 is 1.94 bits per heavy atom. The van der Waals surface area contributed by atoms with Crippen molar-refractivity contribution in [3.05, 3.63) is 22.6 Å². The molecule has 0 aliphatic carbocycles. The molecule has 1 amide bonds. The summed E-state index contributed by atoms with van der Waals surface area (Å²) in [6.07, 6.45) is 3.35. The number of hydrogen-bond donors (Lipinski definition) is 2. The lowest BCUT2D eigenvalue weighted by atomic mass is 9.94. The maximum absolute atomic E-state index is 13.4. The van der Waals surface area contributed by atoms with Crippen LogP contribution in [0.25, 0.3) is 10.8 Å². The van der Waals surface area contributed by atoms with Crippen LogP contribution in [0.2, 0.25) is 0 Å². The van der Waals surface area contributed by atoms with Crippen molar-refractivity contribution in [3.8, 4) is 5.88 Å². The number of carbonyl (C=O) groups excluding carboxylic acids is 1. The van der Waals surface area contributed by atoms with Crippen molar-refractivity contribution in [2.75, 3.05) is 57.6 Å². The second-order valence-corrected chi connectivity index (χ2v) is 10.4. The fourth-order valence-corrected chi connectivity index (χ4v) is 5.13. The van der Waals surface area contributed by atoms with E-state index in [0.717, 1.165) is 12.8 Å². The van der Waals surface area contributed by atoms with E-state index in [4.69, 9.17) is 19.3 Å². The lowest BCUT2D eigenvalue weighted by Crippen LogP contribution is -2.44. The predicted octanol–water partition coefficient (Wildman–Crippen LogP) is 0.443. The second kappa shape index (κ2) is 10.4. The molecular formula is C21H30N5O7P. The van der Waals surface area contributed by atoms with Gasteiger partial charge in [0, 0.05) is 37.6 Å². The number of methoxy groups -OCH3 is 1. The van der Waals surface area contributed by atoms with Gasteiger partial charge in [-0.25, -0.2) is 4.68 Å². The van der Waals surface area contributed by atoms with Crippen LogP contribution in [0.1, 0.15) is 19.3 Å². The van der Waals surface area contributed by atoms with E-state index in [2.05, 4.69) is 10.1 Å². The highest BCUT2D eigenvalue weighted by Crippen LogP contribution is 2.38. The topological polar surface area (TPSA) is 147 Å². The summed E-state index contributed by atoms with van der Waals surface area (Å²) in [4.78, 5) is 52.6. The lowest BCUT2D eigenvalue weighted by molar-refractivity contribution is -0.136. The summed E-state index contributed by atoms with van der Waals surface area (Å²) in [6.45, 7) is 2.95. The molecule has 2 aliphatic rings. The number of amides is 1. The van der Waals surface area contributed by atoms with Gasteiger partial charge in [0.25, 0.3) is 5.56 Å². The van der Waals surface area contributed by atoms with Crippen molar-refractivity contribution in [3.63, 3.8) is 0 Å². The van der Waals surface area contributed by atoms with E-state index in [-0.39, 0.29) is 24.5 Å². The van der Waals surface area contributed by atoms with E-state index in [1.54, 1.807) is 17.2 Å². The molecule has 12 nitrogen and oxygen atoms in total. The maximum atomic E-state index is 13.4. The van der Waals surface area contributed by atoms with Crippen molar-refractivity contribution in [2.45, 2.75) is 25.8 Å². The third-order valence-corrected chi connectivity index (χ3v) is 7.23. The molecule has 0 spiro atoms. The zero-order chi connectivity index (χ0) is 24.3. The summed E-state index contributed by atoms with van der Waals surface area (Å²) in [6, 6.07) is 1.65. The van der Waals surface area contributed by atoms with E-state index in [1.807, 2.05) is 4.90 Å². The first-order valence-electron chi connectivity index (χ1n) is 11.3. The Balaban J connectivity index is 1.58. The summed E-state index contributed by atoms with van der Waals surface area (Å²) in [7, 11) is -2.51. The normalized spacial score (nSPS) is 17.9. The van der Waals surface area contributed by atoms with E-state index in [1.165, 1.54) is 11.8 Å². The number of rotatable bonds is 7. The predicted molar refractivity (Wildman–Crippen MR) is 124 cm³/mol. The van der Waals surface area contributed by atoms with Gasteiger partial charge in [-0.3, -0.25) is 14.2 Å². The van der Waals surface area contributed by atoms with Gasteiger partial charge in [0.05, 0.1) is 38.1 Å². The van der Waals surface area contributed by atoms with Crippen molar-refractivity contribution in [1.29, 1.82) is 0 Å². The number of hydrogen-bond acceptors (Lipinski definition) is 8. The minimum atomic E-state index is -4.01. The Hall–Kier alpha value is -2.53. The van der Waals surface area contributed by atoms with Crippen LogP contribution in [-0.2, 0) is 20.6 Å². The van der Waals surface area contributed by atoms with Gasteiger partial charge in [-0.05, 0) is 25.2 Å². The van der Waals surface area contributed by atoms with Gasteiger partial charge in [-0.15, -0.1) is 0 Å². The van der Waals surface area contributed by atoms with Gasteiger partial charge >= 0.3 is 7.60 Å². The van der Waals surface area contributed by atoms with E-state index in [9.17, 15) is 14.2 Å². The molecule has 0 unspecified atom stereocenters. The monoisotopic (exact) mass is 495 g/mol. The zero-order valence-electron chi connectivity index (χ0n) is 19.1. The first-order chi connectivity index (χ1) is 16.2. The second-order valence-electron chi connectivity index (χ2n) is 8.66. The van der Waals surface area contributed by atoms with Crippen molar-refractivity contribution in [2.24, 2.45) is 5.92 Å². The molecule has 0 atom stereocenters. The molecule has 2 aromatic rings. The Labute approximate surface area is 196 Å². The number of aromatic nitrogens is 3. The van der Waals surface area contributed by atoms with Crippen LogP contribution >= 0.6 is 7.60 Å². The summed E-state index contributed by atoms with van der Waals surface area (Å²) >= 11 is 0.